The van der Waals surface area contributed by atoms with Gasteiger partial charge in [-0.25, -0.2) is 14.6 Å². The Morgan fingerprint density at radius 3 is 2.63 bits per heavy atom. The molecule has 2 saturated heterocycles. The lowest BCUT2D eigenvalue weighted by atomic mass is 9.92. The molecule has 7 heteroatoms. The van der Waals surface area contributed by atoms with Crippen molar-refractivity contribution in [2.75, 3.05) is 31.6 Å². The fraction of sp³-hybridized carbons (Fsp3) is 0.350. The number of piperidine rings is 1. The number of carbonyl (C=O) groups excluding carboxylic acids is 1. The van der Waals surface area contributed by atoms with E-state index in [0.717, 1.165) is 24.1 Å². The third-order valence-electron chi connectivity index (χ3n) is 5.15. The SMILES string of the molecule is CN1C[C@@]2(CCCN(c3nc(-c4ccccc4)ccc3C(=O)O)C2)OC1=O. The number of hydrogen-bond acceptors (Lipinski definition) is 5. The summed E-state index contributed by atoms with van der Waals surface area (Å²) >= 11 is 0. The molecule has 0 bridgehead atoms. The van der Waals surface area contributed by atoms with Gasteiger partial charge in [-0.3, -0.25) is 0 Å². The molecule has 0 unspecified atom stereocenters. The molecule has 7 nitrogen and oxygen atoms in total. The van der Waals surface area contributed by atoms with Gasteiger partial charge in [0.05, 0.1) is 18.8 Å². The molecule has 2 fully saturated rings. The first kappa shape index (κ1) is 17.3. The number of nitrogens with zero attached hydrogens (tertiary/aromatic N) is 3. The lowest BCUT2D eigenvalue weighted by molar-refractivity contribution is 0.0442. The molecule has 0 aliphatic carbocycles. The largest absolute Gasteiger partial charge is 0.478 e. The average molecular weight is 367 g/mol. The number of carbonyl (C=O) groups is 2. The van der Waals surface area contributed by atoms with Gasteiger partial charge in [0.25, 0.3) is 0 Å². The van der Waals surface area contributed by atoms with E-state index in [2.05, 4.69) is 4.98 Å². The molecule has 4 rings (SSSR count). The number of likely N-dealkylation sites (N-methyl/N-ethyl adjacent to an activating group) is 1. The number of carboxylic acids is 1. The summed E-state index contributed by atoms with van der Waals surface area (Å²) in [6, 6.07) is 13.0. The zero-order chi connectivity index (χ0) is 19.0. The fourth-order valence-electron chi connectivity index (χ4n) is 3.91. The molecule has 1 N–H and O–H groups in total. The highest BCUT2D eigenvalue weighted by Gasteiger charge is 2.47. The smallest absolute Gasteiger partial charge is 0.410 e. The Morgan fingerprint density at radius 2 is 1.96 bits per heavy atom. The second-order valence-corrected chi connectivity index (χ2v) is 7.17. The number of carboxylic acid groups (broad SMARTS) is 1. The van der Waals surface area contributed by atoms with Crippen LogP contribution in [0.3, 0.4) is 0 Å². The van der Waals surface area contributed by atoms with Gasteiger partial charge in [-0.2, -0.15) is 0 Å². The van der Waals surface area contributed by atoms with Crippen LogP contribution in [0.15, 0.2) is 42.5 Å². The van der Waals surface area contributed by atoms with Crippen molar-refractivity contribution in [3.05, 3.63) is 48.0 Å². The molecule has 1 spiro atoms. The maximum atomic E-state index is 11.9. The predicted octanol–water partition coefficient (Wildman–Crippen LogP) is 2.87. The summed E-state index contributed by atoms with van der Waals surface area (Å²) in [5.41, 5.74) is 1.19. The molecule has 1 atom stereocenters. The van der Waals surface area contributed by atoms with Gasteiger partial charge in [0, 0.05) is 19.2 Å². The van der Waals surface area contributed by atoms with Crippen LogP contribution in [0.4, 0.5) is 10.6 Å². The molecule has 3 heterocycles. The number of ether oxygens (including phenoxy) is 1. The van der Waals surface area contributed by atoms with Crippen LogP contribution >= 0.6 is 0 Å². The molecule has 0 radical (unpaired) electrons. The van der Waals surface area contributed by atoms with E-state index in [9.17, 15) is 14.7 Å². The molecule has 1 aromatic heterocycles. The second-order valence-electron chi connectivity index (χ2n) is 7.17. The molecular weight excluding hydrogens is 346 g/mol. The third kappa shape index (κ3) is 3.20. The number of aromatic nitrogens is 1. The van der Waals surface area contributed by atoms with Gasteiger partial charge in [-0.1, -0.05) is 30.3 Å². The Kier molecular flexibility index (Phi) is 4.22. The van der Waals surface area contributed by atoms with Crippen LogP contribution in [0.2, 0.25) is 0 Å². The second kappa shape index (κ2) is 6.57. The molecule has 2 aliphatic rings. The maximum absolute atomic E-state index is 11.9. The quantitative estimate of drug-likeness (QED) is 0.898. The number of anilines is 1. The first-order chi connectivity index (χ1) is 13.0. The highest BCUT2D eigenvalue weighted by Crippen LogP contribution is 2.35. The van der Waals surface area contributed by atoms with Gasteiger partial charge >= 0.3 is 12.1 Å². The van der Waals surface area contributed by atoms with E-state index in [0.29, 0.717) is 25.5 Å². The van der Waals surface area contributed by atoms with Gasteiger partial charge in [0.2, 0.25) is 0 Å². The molecular formula is C20H21N3O4. The lowest BCUT2D eigenvalue weighted by Gasteiger charge is -2.39. The topological polar surface area (TPSA) is 83.0 Å². The Balaban J connectivity index is 1.71. The fourth-order valence-corrected chi connectivity index (χ4v) is 3.91. The van der Waals surface area contributed by atoms with Crippen LogP contribution in [0.25, 0.3) is 11.3 Å². The van der Waals surface area contributed by atoms with E-state index in [1.54, 1.807) is 24.1 Å². The van der Waals surface area contributed by atoms with E-state index in [1.807, 2.05) is 35.2 Å². The number of benzene rings is 1. The van der Waals surface area contributed by atoms with Gasteiger partial charge in [-0.15, -0.1) is 0 Å². The van der Waals surface area contributed by atoms with E-state index in [1.165, 1.54) is 0 Å². The minimum atomic E-state index is -1.02. The first-order valence-corrected chi connectivity index (χ1v) is 8.96. The molecule has 2 aromatic rings. The predicted molar refractivity (Wildman–Crippen MR) is 99.9 cm³/mol. The number of pyridine rings is 1. The first-order valence-electron chi connectivity index (χ1n) is 8.96. The number of amides is 1. The molecule has 1 amide bonds. The molecule has 140 valence electrons. The summed E-state index contributed by atoms with van der Waals surface area (Å²) < 4.78 is 5.64. The van der Waals surface area contributed by atoms with Crippen LogP contribution < -0.4 is 4.90 Å². The molecule has 27 heavy (non-hydrogen) atoms. The minimum Gasteiger partial charge on any atom is -0.478 e. The monoisotopic (exact) mass is 367 g/mol. The van der Waals surface area contributed by atoms with Gasteiger partial charge in [-0.05, 0) is 25.0 Å². The Bertz CT molecular complexity index is 886. The van der Waals surface area contributed by atoms with Crippen LogP contribution in [0.1, 0.15) is 23.2 Å². The van der Waals surface area contributed by atoms with E-state index >= 15 is 0 Å². The zero-order valence-electron chi connectivity index (χ0n) is 15.1. The van der Waals surface area contributed by atoms with Gasteiger partial charge < -0.3 is 19.6 Å². The van der Waals surface area contributed by atoms with Crippen LogP contribution in [-0.4, -0.2) is 59.3 Å². The summed E-state index contributed by atoms with van der Waals surface area (Å²) in [4.78, 5) is 31.8. The van der Waals surface area contributed by atoms with E-state index in [-0.39, 0.29) is 11.7 Å². The normalized spacial score (nSPS) is 22.2. The molecule has 1 aromatic carbocycles. The van der Waals surface area contributed by atoms with Crippen molar-refractivity contribution in [1.82, 2.24) is 9.88 Å². The summed E-state index contributed by atoms with van der Waals surface area (Å²) in [7, 11) is 1.72. The van der Waals surface area contributed by atoms with Crippen LogP contribution in [0.5, 0.6) is 0 Å². The highest BCUT2D eigenvalue weighted by atomic mass is 16.6. The summed E-state index contributed by atoms with van der Waals surface area (Å²) in [6.45, 7) is 1.62. The number of rotatable bonds is 3. The van der Waals surface area contributed by atoms with Crippen molar-refractivity contribution in [3.63, 3.8) is 0 Å². The van der Waals surface area contributed by atoms with Crippen molar-refractivity contribution >= 4 is 17.9 Å². The Labute approximate surface area is 157 Å². The van der Waals surface area contributed by atoms with E-state index < -0.39 is 11.6 Å². The number of aromatic carboxylic acids is 1. The molecule has 2 aliphatic heterocycles. The van der Waals surface area contributed by atoms with Crippen molar-refractivity contribution in [2.24, 2.45) is 0 Å². The van der Waals surface area contributed by atoms with Crippen molar-refractivity contribution in [3.8, 4) is 11.3 Å². The molecule has 0 saturated carbocycles. The maximum Gasteiger partial charge on any atom is 0.410 e. The van der Waals surface area contributed by atoms with E-state index in [4.69, 9.17) is 4.74 Å². The highest BCUT2D eigenvalue weighted by molar-refractivity contribution is 5.94. The number of hydrogen-bond donors (Lipinski definition) is 1. The average Bonchev–Trinajstić information content (AvgIpc) is 2.94. The van der Waals surface area contributed by atoms with Crippen molar-refractivity contribution in [2.45, 2.75) is 18.4 Å². The lowest BCUT2D eigenvalue weighted by Crippen LogP contribution is -2.51. The minimum absolute atomic E-state index is 0.157. The van der Waals surface area contributed by atoms with Crippen LogP contribution in [0, 0.1) is 0 Å². The van der Waals surface area contributed by atoms with Crippen LogP contribution in [-0.2, 0) is 4.74 Å². The standard InChI is InChI=1S/C20H21N3O4/c1-22-12-20(27-19(22)26)10-5-11-23(13-20)17-15(18(24)25)8-9-16(21-17)14-6-3-2-4-7-14/h2-4,6-9H,5,10-13H2,1H3,(H,24,25)/t20-/m1/s1. The summed E-state index contributed by atoms with van der Waals surface area (Å²) in [6.07, 6.45) is 1.24. The van der Waals surface area contributed by atoms with Gasteiger partial charge in [0.15, 0.2) is 0 Å². The summed E-state index contributed by atoms with van der Waals surface area (Å²) in [5, 5.41) is 9.64. The zero-order valence-corrected chi connectivity index (χ0v) is 15.1. The summed E-state index contributed by atoms with van der Waals surface area (Å²) in [5.74, 6) is -0.592. The van der Waals surface area contributed by atoms with Crippen molar-refractivity contribution < 1.29 is 19.4 Å². The van der Waals surface area contributed by atoms with Gasteiger partial charge in [0.1, 0.15) is 17.0 Å². The Hall–Kier alpha value is -3.09. The third-order valence-corrected chi connectivity index (χ3v) is 5.15. The van der Waals surface area contributed by atoms with Crippen molar-refractivity contribution in [1.29, 1.82) is 0 Å². The Morgan fingerprint density at radius 1 is 1.19 bits per heavy atom.